The predicted octanol–water partition coefficient (Wildman–Crippen LogP) is 2.61. The number of likely N-dealkylation sites (N-methyl/N-ethyl adjacent to an activating group) is 1. The number of nitrogens with zero attached hydrogens (tertiary/aromatic N) is 2. The van der Waals surface area contributed by atoms with Crippen LogP contribution < -0.4 is 0 Å². The fourth-order valence-corrected chi connectivity index (χ4v) is 3.80. The van der Waals surface area contributed by atoms with Gasteiger partial charge in [-0.25, -0.2) is 0 Å². The van der Waals surface area contributed by atoms with Crippen molar-refractivity contribution in [3.8, 4) is 0 Å². The highest BCUT2D eigenvalue weighted by Gasteiger charge is 2.28. The summed E-state index contributed by atoms with van der Waals surface area (Å²) in [7, 11) is 1.81. The summed E-state index contributed by atoms with van der Waals surface area (Å²) < 4.78 is 5.18. The van der Waals surface area contributed by atoms with E-state index in [-0.39, 0.29) is 0 Å². The average molecular weight is 268 g/mol. The summed E-state index contributed by atoms with van der Waals surface area (Å²) in [6.45, 7) is 9.76. The van der Waals surface area contributed by atoms with E-state index in [1.807, 2.05) is 7.11 Å². The van der Waals surface area contributed by atoms with Gasteiger partial charge >= 0.3 is 0 Å². The molecule has 2 aliphatic rings. The van der Waals surface area contributed by atoms with E-state index in [2.05, 4.69) is 16.7 Å². The van der Waals surface area contributed by atoms with Gasteiger partial charge in [-0.15, -0.1) is 0 Å². The van der Waals surface area contributed by atoms with Crippen molar-refractivity contribution in [2.75, 3.05) is 46.4 Å². The van der Waals surface area contributed by atoms with E-state index in [4.69, 9.17) is 4.74 Å². The molecule has 3 heteroatoms. The van der Waals surface area contributed by atoms with Crippen molar-refractivity contribution >= 4 is 0 Å². The molecule has 0 aliphatic carbocycles. The first kappa shape index (κ1) is 15.3. The summed E-state index contributed by atoms with van der Waals surface area (Å²) >= 11 is 0. The predicted molar refractivity (Wildman–Crippen MR) is 80.5 cm³/mol. The second kappa shape index (κ2) is 8.23. The number of piperidine rings is 2. The highest BCUT2D eigenvalue weighted by Crippen LogP contribution is 2.25. The smallest absolute Gasteiger partial charge is 0.0462 e. The molecule has 0 aromatic rings. The van der Waals surface area contributed by atoms with Crippen LogP contribution in [-0.4, -0.2) is 62.3 Å². The molecule has 3 nitrogen and oxygen atoms in total. The number of likely N-dealkylation sites (tertiary alicyclic amines) is 2. The van der Waals surface area contributed by atoms with Crippen LogP contribution in [0.5, 0.6) is 0 Å². The fraction of sp³-hybridized carbons (Fsp3) is 1.00. The zero-order chi connectivity index (χ0) is 13.5. The Hall–Kier alpha value is -0.120. The Morgan fingerprint density at radius 2 is 1.95 bits per heavy atom. The molecule has 0 radical (unpaired) electrons. The number of hydrogen-bond donors (Lipinski definition) is 0. The molecule has 0 amide bonds. The first-order chi connectivity index (χ1) is 9.33. The number of ether oxygens (including phenoxy) is 1. The van der Waals surface area contributed by atoms with Gasteiger partial charge in [-0.05, 0) is 64.1 Å². The third kappa shape index (κ3) is 4.73. The van der Waals surface area contributed by atoms with Crippen molar-refractivity contribution in [1.29, 1.82) is 0 Å². The summed E-state index contributed by atoms with van der Waals surface area (Å²) in [5.41, 5.74) is 0. The molecule has 2 atom stereocenters. The van der Waals surface area contributed by atoms with Crippen molar-refractivity contribution in [2.45, 2.75) is 51.5 Å². The maximum atomic E-state index is 5.18. The van der Waals surface area contributed by atoms with Gasteiger partial charge < -0.3 is 9.64 Å². The van der Waals surface area contributed by atoms with Gasteiger partial charge in [0, 0.05) is 32.8 Å². The molecule has 0 bridgehead atoms. The molecule has 19 heavy (non-hydrogen) atoms. The van der Waals surface area contributed by atoms with Gasteiger partial charge in [0.1, 0.15) is 0 Å². The summed E-state index contributed by atoms with van der Waals surface area (Å²) in [5, 5.41) is 0. The molecule has 0 aromatic heterocycles. The van der Waals surface area contributed by atoms with Crippen molar-refractivity contribution in [2.24, 2.45) is 5.92 Å². The van der Waals surface area contributed by atoms with Crippen LogP contribution >= 0.6 is 0 Å². The molecule has 2 heterocycles. The molecule has 2 fully saturated rings. The van der Waals surface area contributed by atoms with E-state index >= 15 is 0 Å². The largest absolute Gasteiger partial charge is 0.385 e. The summed E-state index contributed by atoms with van der Waals surface area (Å²) in [6.07, 6.45) is 8.24. The lowest BCUT2D eigenvalue weighted by atomic mass is 9.91. The van der Waals surface area contributed by atoms with E-state index in [0.29, 0.717) is 0 Å². The molecular formula is C16H32N2O. The molecule has 2 unspecified atom stereocenters. The second-order valence-corrected chi connectivity index (χ2v) is 6.33. The molecule has 2 aliphatic heterocycles. The Labute approximate surface area is 119 Å². The van der Waals surface area contributed by atoms with Gasteiger partial charge in [0.15, 0.2) is 0 Å². The zero-order valence-corrected chi connectivity index (χ0v) is 12.9. The normalized spacial score (nSPS) is 30.6. The van der Waals surface area contributed by atoms with E-state index in [0.717, 1.165) is 18.6 Å². The van der Waals surface area contributed by atoms with Crippen molar-refractivity contribution in [3.63, 3.8) is 0 Å². The van der Waals surface area contributed by atoms with Gasteiger partial charge in [-0.3, -0.25) is 4.90 Å². The van der Waals surface area contributed by atoms with Gasteiger partial charge in [-0.2, -0.15) is 0 Å². The molecule has 2 rings (SSSR count). The van der Waals surface area contributed by atoms with Gasteiger partial charge in [0.05, 0.1) is 0 Å². The number of methoxy groups -OCH3 is 1. The van der Waals surface area contributed by atoms with Crippen LogP contribution in [0.25, 0.3) is 0 Å². The molecule has 0 aromatic carbocycles. The van der Waals surface area contributed by atoms with Gasteiger partial charge in [0.25, 0.3) is 0 Å². The van der Waals surface area contributed by atoms with Crippen LogP contribution in [0.3, 0.4) is 0 Å². The Bertz CT molecular complexity index is 247. The van der Waals surface area contributed by atoms with Crippen LogP contribution in [0.1, 0.15) is 45.4 Å². The van der Waals surface area contributed by atoms with Crippen molar-refractivity contribution < 1.29 is 4.74 Å². The molecule has 0 spiro atoms. The van der Waals surface area contributed by atoms with Crippen LogP contribution in [-0.2, 0) is 4.74 Å². The highest BCUT2D eigenvalue weighted by atomic mass is 16.5. The van der Waals surface area contributed by atoms with Crippen LogP contribution in [0.2, 0.25) is 0 Å². The van der Waals surface area contributed by atoms with E-state index < -0.39 is 0 Å². The lowest BCUT2D eigenvalue weighted by Gasteiger charge is -2.43. The van der Waals surface area contributed by atoms with Crippen molar-refractivity contribution in [1.82, 2.24) is 9.80 Å². The van der Waals surface area contributed by atoms with E-state index in [9.17, 15) is 0 Å². The minimum Gasteiger partial charge on any atom is -0.385 e. The van der Waals surface area contributed by atoms with Crippen molar-refractivity contribution in [3.05, 3.63) is 0 Å². The topological polar surface area (TPSA) is 15.7 Å². The highest BCUT2D eigenvalue weighted by molar-refractivity contribution is 4.84. The Morgan fingerprint density at radius 3 is 2.74 bits per heavy atom. The zero-order valence-electron chi connectivity index (χ0n) is 12.9. The molecule has 2 saturated heterocycles. The first-order valence-electron chi connectivity index (χ1n) is 8.28. The summed E-state index contributed by atoms with van der Waals surface area (Å²) in [4.78, 5) is 5.42. The SMILES string of the molecule is CCN1CCCC(N2CCCC(CCCOC)C2)C1. The van der Waals surface area contributed by atoms with Crippen LogP contribution in [0.4, 0.5) is 0 Å². The minimum absolute atomic E-state index is 0.832. The third-order valence-electron chi connectivity index (χ3n) is 4.96. The molecule has 0 saturated carbocycles. The lowest BCUT2D eigenvalue weighted by Crippen LogP contribution is -2.51. The lowest BCUT2D eigenvalue weighted by molar-refractivity contribution is 0.0607. The van der Waals surface area contributed by atoms with Crippen LogP contribution in [0, 0.1) is 5.92 Å². The Morgan fingerprint density at radius 1 is 1.11 bits per heavy atom. The standard InChI is InChI=1S/C16H32N2O/c1-3-17-10-5-9-16(14-17)18-11-4-7-15(13-18)8-6-12-19-2/h15-16H,3-14H2,1-2H3. The van der Waals surface area contributed by atoms with Gasteiger partial charge in [0.2, 0.25) is 0 Å². The fourth-order valence-electron chi connectivity index (χ4n) is 3.80. The van der Waals surface area contributed by atoms with Crippen LogP contribution in [0.15, 0.2) is 0 Å². The quantitative estimate of drug-likeness (QED) is 0.689. The third-order valence-corrected chi connectivity index (χ3v) is 4.96. The minimum atomic E-state index is 0.832. The maximum Gasteiger partial charge on any atom is 0.0462 e. The Kier molecular flexibility index (Phi) is 6.62. The number of rotatable bonds is 6. The maximum absolute atomic E-state index is 5.18. The van der Waals surface area contributed by atoms with E-state index in [1.54, 1.807) is 0 Å². The molecule has 112 valence electrons. The van der Waals surface area contributed by atoms with Gasteiger partial charge in [-0.1, -0.05) is 6.92 Å². The first-order valence-corrected chi connectivity index (χ1v) is 8.28. The Balaban J connectivity index is 1.76. The number of hydrogen-bond acceptors (Lipinski definition) is 3. The summed E-state index contributed by atoms with van der Waals surface area (Å²) in [5.74, 6) is 0.918. The monoisotopic (exact) mass is 268 g/mol. The second-order valence-electron chi connectivity index (χ2n) is 6.33. The summed E-state index contributed by atoms with van der Waals surface area (Å²) in [6, 6.07) is 0.832. The molecule has 0 N–H and O–H groups in total. The average Bonchev–Trinajstić information content (AvgIpc) is 2.48. The van der Waals surface area contributed by atoms with E-state index in [1.165, 1.54) is 71.2 Å². The molecular weight excluding hydrogens is 236 g/mol.